The van der Waals surface area contributed by atoms with E-state index in [1.165, 1.54) is 0 Å². The number of imide groups is 1. The molecule has 0 aromatic heterocycles. The van der Waals surface area contributed by atoms with Gasteiger partial charge in [-0.2, -0.15) is 0 Å². The predicted molar refractivity (Wildman–Crippen MR) is 172 cm³/mol. The van der Waals surface area contributed by atoms with Gasteiger partial charge in [0, 0.05) is 13.1 Å². The van der Waals surface area contributed by atoms with Crippen LogP contribution in [0.1, 0.15) is 36.0 Å². The molecule has 0 spiro atoms. The van der Waals surface area contributed by atoms with Crippen molar-refractivity contribution in [1.82, 2.24) is 15.7 Å². The Labute approximate surface area is 278 Å². The van der Waals surface area contributed by atoms with Crippen LogP contribution in [0.5, 0.6) is 0 Å². The third-order valence-corrected chi connectivity index (χ3v) is 9.14. The van der Waals surface area contributed by atoms with E-state index in [1.54, 1.807) is 0 Å². The number of esters is 1. The molecule has 1 heterocycles. The average molecular weight is 652 g/mol. The predicted octanol–water partition coefficient (Wildman–Crippen LogP) is 3.88. The van der Waals surface area contributed by atoms with E-state index in [9.17, 15) is 24.0 Å². The van der Waals surface area contributed by atoms with Crippen LogP contribution in [0, 0.1) is 23.7 Å². The summed E-state index contributed by atoms with van der Waals surface area (Å²) in [6.07, 6.45) is 3.28. The van der Waals surface area contributed by atoms with Gasteiger partial charge in [-0.1, -0.05) is 103 Å². The molecule has 4 atom stereocenters. The minimum Gasteiger partial charge on any atom is -0.462 e. The van der Waals surface area contributed by atoms with E-state index in [2.05, 4.69) is 47.0 Å². The normalized spacial score (nSPS) is 20.8. The summed E-state index contributed by atoms with van der Waals surface area (Å²) in [5.74, 6) is -3.58. The van der Waals surface area contributed by atoms with Crippen molar-refractivity contribution in [2.45, 2.75) is 24.8 Å². The van der Waals surface area contributed by atoms with Crippen LogP contribution in [0.2, 0.25) is 0 Å². The zero-order valence-corrected chi connectivity index (χ0v) is 26.3. The second-order valence-electron chi connectivity index (χ2n) is 12.0. The smallest absolute Gasteiger partial charge is 0.407 e. The number of ether oxygens (including phenoxy) is 2. The lowest BCUT2D eigenvalue weighted by atomic mass is 9.77. The minimum absolute atomic E-state index is 0.00511. The number of rotatable bonds is 14. The van der Waals surface area contributed by atoms with Gasteiger partial charge in [0.15, 0.2) is 0 Å². The maximum atomic E-state index is 12.6. The Morgan fingerprint density at radius 1 is 0.667 bits per heavy atom. The van der Waals surface area contributed by atoms with E-state index in [4.69, 9.17) is 14.3 Å². The van der Waals surface area contributed by atoms with Crippen molar-refractivity contribution in [3.8, 4) is 0 Å². The highest BCUT2D eigenvalue weighted by Gasteiger charge is 2.60. The summed E-state index contributed by atoms with van der Waals surface area (Å²) in [5.41, 5.74) is 2.46. The number of hydrogen-bond donors (Lipinski definition) is 2. The highest BCUT2D eigenvalue weighted by atomic mass is 16.7. The molecule has 3 aromatic carbocycles. The number of hydroxylamine groups is 2. The monoisotopic (exact) mass is 651 g/mol. The maximum Gasteiger partial charge on any atom is 0.407 e. The molecule has 2 aliphatic carbocycles. The summed E-state index contributed by atoms with van der Waals surface area (Å²) in [7, 11) is 0. The highest BCUT2D eigenvalue weighted by molar-refractivity contribution is 6.06. The van der Waals surface area contributed by atoms with E-state index >= 15 is 0 Å². The number of alkyl carbamates (subject to hydrolysis) is 1. The fraction of sp³-hybridized carbons (Fsp3) is 0.324. The Morgan fingerprint density at radius 3 is 1.67 bits per heavy atom. The molecule has 11 heteroatoms. The summed E-state index contributed by atoms with van der Waals surface area (Å²) in [6, 6.07) is 30.3. The van der Waals surface area contributed by atoms with E-state index in [0.717, 1.165) is 23.1 Å². The number of hydrogen-bond acceptors (Lipinski definition) is 9. The summed E-state index contributed by atoms with van der Waals surface area (Å²) in [4.78, 5) is 67.0. The molecule has 6 rings (SSSR count). The molecule has 1 aliphatic heterocycles. The molecule has 3 amide bonds. The molecular formula is C37H37N3O8. The number of benzene rings is 3. The second kappa shape index (κ2) is 14.6. The number of carbonyl (C=O) groups excluding carboxylic acids is 5. The largest absolute Gasteiger partial charge is 0.462 e. The summed E-state index contributed by atoms with van der Waals surface area (Å²) in [5, 5.41) is 6.94. The van der Waals surface area contributed by atoms with Crippen LogP contribution in [0.4, 0.5) is 4.79 Å². The lowest BCUT2D eigenvalue weighted by Gasteiger charge is -2.37. The van der Waals surface area contributed by atoms with Crippen LogP contribution in [-0.4, -0.2) is 61.2 Å². The van der Waals surface area contributed by atoms with Gasteiger partial charge in [0.1, 0.15) is 13.2 Å². The zero-order chi connectivity index (χ0) is 33.5. The zero-order valence-electron chi connectivity index (χ0n) is 26.3. The number of fused-ring (bicyclic) bond motifs is 5. The van der Waals surface area contributed by atoms with E-state index in [0.29, 0.717) is 11.6 Å². The molecule has 3 aliphatic rings. The van der Waals surface area contributed by atoms with Crippen LogP contribution in [-0.2, 0) is 39.0 Å². The van der Waals surface area contributed by atoms with Gasteiger partial charge in [-0.25, -0.2) is 9.59 Å². The number of carbonyl (C=O) groups is 5. The van der Waals surface area contributed by atoms with Crippen molar-refractivity contribution in [3.63, 3.8) is 0 Å². The third-order valence-electron chi connectivity index (χ3n) is 9.14. The number of nitrogens with one attached hydrogen (secondary N) is 2. The Morgan fingerprint density at radius 2 is 1.15 bits per heavy atom. The lowest BCUT2D eigenvalue weighted by molar-refractivity contribution is -0.199. The lowest BCUT2D eigenvalue weighted by Crippen LogP contribution is -2.47. The van der Waals surface area contributed by atoms with Crippen LogP contribution >= 0.6 is 0 Å². The van der Waals surface area contributed by atoms with Crippen LogP contribution in [0.3, 0.4) is 0 Å². The molecule has 1 saturated carbocycles. The quantitative estimate of drug-likeness (QED) is 0.0874. The van der Waals surface area contributed by atoms with Gasteiger partial charge in [0.25, 0.3) is 11.8 Å². The van der Waals surface area contributed by atoms with Crippen molar-refractivity contribution in [2.24, 2.45) is 23.7 Å². The molecule has 3 aromatic rings. The first-order valence-corrected chi connectivity index (χ1v) is 16.1. The van der Waals surface area contributed by atoms with Crippen LogP contribution < -0.4 is 10.6 Å². The molecule has 2 bridgehead atoms. The average Bonchev–Trinajstić information content (AvgIpc) is 3.81. The SMILES string of the molecule is O=C(CCC(=O)ON1C(=O)C2C3C=CC(C3)C2C1=O)OCCOC(=O)NCCNC(c1ccccc1)(c1ccccc1)c1ccccc1. The van der Waals surface area contributed by atoms with Crippen molar-refractivity contribution >= 4 is 29.8 Å². The molecule has 1 saturated heterocycles. The van der Waals surface area contributed by atoms with Gasteiger partial charge in [0.05, 0.1) is 30.2 Å². The Balaban J connectivity index is 0.912. The second-order valence-corrected chi connectivity index (χ2v) is 12.0. The Hall–Kier alpha value is -5.29. The summed E-state index contributed by atoms with van der Waals surface area (Å²) < 4.78 is 10.2. The molecule has 11 nitrogen and oxygen atoms in total. The van der Waals surface area contributed by atoms with Gasteiger partial charge in [-0.05, 0) is 34.9 Å². The maximum absolute atomic E-state index is 12.6. The molecule has 48 heavy (non-hydrogen) atoms. The topological polar surface area (TPSA) is 140 Å². The number of nitrogens with zero attached hydrogens (tertiary/aromatic N) is 1. The van der Waals surface area contributed by atoms with E-state index in [1.807, 2.05) is 66.7 Å². The first-order valence-electron chi connectivity index (χ1n) is 16.1. The molecular weight excluding hydrogens is 614 g/mol. The van der Waals surface area contributed by atoms with E-state index in [-0.39, 0.29) is 44.4 Å². The number of amides is 3. The summed E-state index contributed by atoms with van der Waals surface area (Å²) >= 11 is 0. The fourth-order valence-corrected chi connectivity index (χ4v) is 7.01. The van der Waals surface area contributed by atoms with Gasteiger partial charge in [0.2, 0.25) is 0 Å². The fourth-order valence-electron chi connectivity index (χ4n) is 7.01. The summed E-state index contributed by atoms with van der Waals surface area (Å²) in [6.45, 7) is 0.275. The Bertz CT molecular complexity index is 1540. The van der Waals surface area contributed by atoms with E-state index < -0.39 is 47.2 Å². The Kier molecular flexibility index (Phi) is 9.96. The third kappa shape index (κ3) is 6.72. The first-order chi connectivity index (χ1) is 23.4. The van der Waals surface area contributed by atoms with Crippen molar-refractivity contribution < 1.29 is 38.3 Å². The van der Waals surface area contributed by atoms with Gasteiger partial charge in [-0.3, -0.25) is 19.7 Å². The molecule has 2 N–H and O–H groups in total. The number of allylic oxidation sites excluding steroid dienone is 2. The highest BCUT2D eigenvalue weighted by Crippen LogP contribution is 2.52. The molecule has 248 valence electrons. The molecule has 0 radical (unpaired) electrons. The van der Waals surface area contributed by atoms with Crippen LogP contribution in [0.15, 0.2) is 103 Å². The van der Waals surface area contributed by atoms with Crippen molar-refractivity contribution in [2.75, 3.05) is 26.3 Å². The van der Waals surface area contributed by atoms with Gasteiger partial charge >= 0.3 is 18.0 Å². The van der Waals surface area contributed by atoms with Crippen LogP contribution in [0.25, 0.3) is 0 Å². The standard InChI is InChI=1S/C37H37N3O8/c41-30(18-19-31(42)48-40-34(43)32-25-16-17-26(24-25)33(32)35(40)44)46-22-23-47-36(45)38-20-21-39-37(27-10-4-1-5-11-27,28-12-6-2-7-13-28)29-14-8-3-9-15-29/h1-17,25-26,32-33,39H,18-24H2,(H,38,45). The molecule has 4 unspecified atom stereocenters. The van der Waals surface area contributed by atoms with Crippen molar-refractivity contribution in [3.05, 3.63) is 120 Å². The van der Waals surface area contributed by atoms with Gasteiger partial charge < -0.3 is 19.6 Å². The van der Waals surface area contributed by atoms with Crippen molar-refractivity contribution in [1.29, 1.82) is 0 Å². The minimum atomic E-state index is -0.881. The molecule has 2 fully saturated rings. The first kappa shape index (κ1) is 32.6. The van der Waals surface area contributed by atoms with Gasteiger partial charge in [-0.15, -0.1) is 5.06 Å².